The molecule has 0 radical (unpaired) electrons. The van der Waals surface area contributed by atoms with Crippen LogP contribution in [-0.4, -0.2) is 30.5 Å². The molecule has 2 rings (SSSR count). The van der Waals surface area contributed by atoms with Crippen LogP contribution in [-0.2, 0) is 0 Å². The van der Waals surface area contributed by atoms with Crippen LogP contribution in [0.5, 0.6) is 17.2 Å². The first-order valence-electron chi connectivity index (χ1n) is 7.26. The topological polar surface area (TPSA) is 47.7 Å². The summed E-state index contributed by atoms with van der Waals surface area (Å²) in [6.07, 6.45) is 3.70. The van der Waals surface area contributed by atoms with Crippen LogP contribution in [0.1, 0.15) is 0 Å². The number of ether oxygens (including phenoxy) is 2. The SMILES string of the molecule is CN(/C=C\C=S)CCOc1ccc(Oc2ccccc2)cc1N. The second-order valence-corrected chi connectivity index (χ2v) is 5.19. The summed E-state index contributed by atoms with van der Waals surface area (Å²) >= 11 is 4.74. The largest absolute Gasteiger partial charge is 0.490 e. The molecule has 0 aliphatic heterocycles. The van der Waals surface area contributed by atoms with Gasteiger partial charge in [0.2, 0.25) is 0 Å². The molecule has 0 aliphatic rings. The molecule has 0 amide bonds. The van der Waals surface area contributed by atoms with E-state index in [1.807, 2.05) is 60.6 Å². The molecule has 0 aromatic heterocycles. The fourth-order valence-corrected chi connectivity index (χ4v) is 1.97. The van der Waals surface area contributed by atoms with Crippen LogP contribution in [0.4, 0.5) is 5.69 Å². The summed E-state index contributed by atoms with van der Waals surface area (Å²) in [5.74, 6) is 2.10. The van der Waals surface area contributed by atoms with Gasteiger partial charge in [-0.05, 0) is 36.5 Å². The lowest BCUT2D eigenvalue weighted by molar-refractivity contribution is 0.275. The maximum atomic E-state index is 6.02. The van der Waals surface area contributed by atoms with Crippen LogP contribution >= 0.6 is 12.2 Å². The Morgan fingerprint density at radius 2 is 1.91 bits per heavy atom. The van der Waals surface area contributed by atoms with Crippen molar-refractivity contribution in [3.63, 3.8) is 0 Å². The molecule has 2 aromatic rings. The molecule has 0 heterocycles. The van der Waals surface area contributed by atoms with Gasteiger partial charge in [-0.25, -0.2) is 0 Å². The molecule has 0 bridgehead atoms. The van der Waals surface area contributed by atoms with Crippen molar-refractivity contribution in [2.75, 3.05) is 25.9 Å². The Bertz CT molecular complexity index is 659. The molecule has 2 N–H and O–H groups in total. The maximum Gasteiger partial charge on any atom is 0.142 e. The molecule has 0 aliphatic carbocycles. The van der Waals surface area contributed by atoms with E-state index >= 15 is 0 Å². The molecule has 4 nitrogen and oxygen atoms in total. The first kappa shape index (κ1) is 16.8. The molecular formula is C18H20N2O2S. The van der Waals surface area contributed by atoms with E-state index < -0.39 is 0 Å². The Balaban J connectivity index is 1.89. The monoisotopic (exact) mass is 328 g/mol. The third-order valence-corrected chi connectivity index (χ3v) is 3.24. The average Bonchev–Trinajstić information content (AvgIpc) is 2.56. The number of hydrogen-bond acceptors (Lipinski definition) is 5. The smallest absolute Gasteiger partial charge is 0.142 e. The van der Waals surface area contributed by atoms with Gasteiger partial charge in [0, 0.05) is 18.5 Å². The summed E-state index contributed by atoms with van der Waals surface area (Å²) in [5, 5.41) is 1.57. The van der Waals surface area contributed by atoms with E-state index in [2.05, 4.69) is 0 Å². The number of benzene rings is 2. The summed E-state index contributed by atoms with van der Waals surface area (Å²) in [7, 11) is 1.96. The molecule has 5 heteroatoms. The lowest BCUT2D eigenvalue weighted by atomic mass is 10.2. The molecule has 0 saturated heterocycles. The number of para-hydroxylation sites is 1. The van der Waals surface area contributed by atoms with Crippen molar-refractivity contribution in [1.29, 1.82) is 0 Å². The number of nitrogens with zero attached hydrogens (tertiary/aromatic N) is 1. The van der Waals surface area contributed by atoms with Crippen molar-refractivity contribution >= 4 is 23.3 Å². The van der Waals surface area contributed by atoms with Gasteiger partial charge in [-0.3, -0.25) is 0 Å². The predicted molar refractivity (Wildman–Crippen MR) is 98.3 cm³/mol. The van der Waals surface area contributed by atoms with Crippen molar-refractivity contribution < 1.29 is 9.47 Å². The zero-order valence-corrected chi connectivity index (χ0v) is 13.8. The van der Waals surface area contributed by atoms with E-state index in [4.69, 9.17) is 27.4 Å². The van der Waals surface area contributed by atoms with Crippen LogP contribution in [0.3, 0.4) is 0 Å². The summed E-state index contributed by atoms with van der Waals surface area (Å²) < 4.78 is 11.4. The number of nitrogens with two attached hydrogens (primary N) is 1. The van der Waals surface area contributed by atoms with Crippen LogP contribution in [0.15, 0.2) is 60.8 Å². The Hall–Kier alpha value is -2.53. The van der Waals surface area contributed by atoms with Crippen LogP contribution in [0, 0.1) is 0 Å². The summed E-state index contributed by atoms with van der Waals surface area (Å²) in [6, 6.07) is 15.0. The number of hydrogen-bond donors (Lipinski definition) is 1. The van der Waals surface area contributed by atoms with Crippen molar-refractivity contribution in [2.24, 2.45) is 0 Å². The number of thiocarbonyl (C=S) groups is 1. The van der Waals surface area contributed by atoms with Gasteiger partial charge in [-0.2, -0.15) is 0 Å². The lowest BCUT2D eigenvalue weighted by Crippen LogP contribution is -2.19. The Morgan fingerprint density at radius 1 is 1.13 bits per heavy atom. The van der Waals surface area contributed by atoms with Crippen molar-refractivity contribution in [3.05, 3.63) is 60.8 Å². The van der Waals surface area contributed by atoms with Crippen molar-refractivity contribution in [1.82, 2.24) is 4.90 Å². The number of allylic oxidation sites excluding steroid dienone is 1. The second-order valence-electron chi connectivity index (χ2n) is 4.92. The number of nitrogen functional groups attached to an aromatic ring is 1. The molecule has 0 atom stereocenters. The lowest BCUT2D eigenvalue weighted by Gasteiger charge is -2.15. The minimum Gasteiger partial charge on any atom is -0.490 e. The van der Waals surface area contributed by atoms with Crippen LogP contribution in [0.2, 0.25) is 0 Å². The minimum atomic E-state index is 0.529. The van der Waals surface area contributed by atoms with Gasteiger partial charge in [0.25, 0.3) is 0 Å². The van der Waals surface area contributed by atoms with E-state index in [1.165, 1.54) is 0 Å². The molecule has 2 aromatic carbocycles. The Kier molecular flexibility index (Phi) is 6.44. The molecule has 23 heavy (non-hydrogen) atoms. The highest BCUT2D eigenvalue weighted by atomic mass is 32.1. The first-order chi connectivity index (χ1) is 11.2. The van der Waals surface area contributed by atoms with Gasteiger partial charge in [-0.1, -0.05) is 30.4 Å². The molecule has 0 saturated carbocycles. The Morgan fingerprint density at radius 3 is 2.61 bits per heavy atom. The van der Waals surface area contributed by atoms with Crippen LogP contribution < -0.4 is 15.2 Å². The van der Waals surface area contributed by atoms with Gasteiger partial charge < -0.3 is 20.1 Å². The van der Waals surface area contributed by atoms with Gasteiger partial charge >= 0.3 is 0 Å². The van der Waals surface area contributed by atoms with E-state index in [0.717, 1.165) is 12.3 Å². The molecule has 0 unspecified atom stereocenters. The number of likely N-dealkylation sites (N-methyl/N-ethyl adjacent to an activating group) is 1. The zero-order chi connectivity index (χ0) is 16.5. The van der Waals surface area contributed by atoms with E-state index in [9.17, 15) is 0 Å². The molecule has 120 valence electrons. The summed E-state index contributed by atoms with van der Waals surface area (Å²) in [4.78, 5) is 1.99. The highest BCUT2D eigenvalue weighted by molar-refractivity contribution is 7.79. The van der Waals surface area contributed by atoms with Crippen molar-refractivity contribution in [2.45, 2.75) is 0 Å². The predicted octanol–water partition coefficient (Wildman–Crippen LogP) is 3.89. The van der Waals surface area contributed by atoms with Crippen LogP contribution in [0.25, 0.3) is 0 Å². The van der Waals surface area contributed by atoms with Gasteiger partial charge in [0.1, 0.15) is 23.9 Å². The van der Waals surface area contributed by atoms with Gasteiger partial charge in [-0.15, -0.1) is 0 Å². The van der Waals surface area contributed by atoms with Crippen molar-refractivity contribution in [3.8, 4) is 17.2 Å². The first-order valence-corrected chi connectivity index (χ1v) is 7.73. The average molecular weight is 328 g/mol. The maximum absolute atomic E-state index is 6.02. The molecule has 0 spiro atoms. The zero-order valence-electron chi connectivity index (χ0n) is 13.0. The quantitative estimate of drug-likeness (QED) is 0.453. The third kappa shape index (κ3) is 5.64. The molecular weight excluding hydrogens is 308 g/mol. The van der Waals surface area contributed by atoms with E-state index in [0.29, 0.717) is 23.8 Å². The van der Waals surface area contributed by atoms with Gasteiger partial charge in [0.05, 0.1) is 12.2 Å². The standard InChI is InChI=1S/C18H20N2O2S/c1-20(10-5-13-23)11-12-21-18-9-8-16(14-17(18)19)22-15-6-3-2-4-7-15/h2-10,13-14H,11-12,19H2,1H3/b10-5-. The fraction of sp³-hybridized carbons (Fsp3) is 0.167. The number of rotatable bonds is 8. The minimum absolute atomic E-state index is 0.529. The highest BCUT2D eigenvalue weighted by Gasteiger charge is 2.04. The van der Waals surface area contributed by atoms with E-state index in [-0.39, 0.29) is 0 Å². The summed E-state index contributed by atoms with van der Waals surface area (Å²) in [5.41, 5.74) is 6.57. The van der Waals surface area contributed by atoms with E-state index in [1.54, 1.807) is 17.5 Å². The Labute approximate surface area is 142 Å². The normalized spacial score (nSPS) is 10.5. The van der Waals surface area contributed by atoms with Gasteiger partial charge in [0.15, 0.2) is 0 Å². The number of anilines is 1. The second kappa shape index (κ2) is 8.80. The molecule has 0 fully saturated rings. The summed E-state index contributed by atoms with van der Waals surface area (Å²) in [6.45, 7) is 1.27. The third-order valence-electron chi connectivity index (χ3n) is 3.08. The fourth-order valence-electron chi connectivity index (χ4n) is 1.90. The highest BCUT2D eigenvalue weighted by Crippen LogP contribution is 2.29.